The van der Waals surface area contributed by atoms with E-state index in [0.717, 1.165) is 57.0 Å². The molecular weight excluding hydrogens is 352 g/mol. The van der Waals surface area contributed by atoms with E-state index in [1.165, 1.54) is 31.2 Å². The number of likely N-dealkylation sites (N-methyl/N-ethyl adjacent to an activating group) is 1. The molecule has 1 saturated carbocycles. The smallest absolute Gasteiger partial charge is 0.193 e. The van der Waals surface area contributed by atoms with Gasteiger partial charge in [-0.15, -0.1) is 0 Å². The van der Waals surface area contributed by atoms with E-state index in [-0.39, 0.29) is 6.04 Å². The van der Waals surface area contributed by atoms with Gasteiger partial charge in [-0.25, -0.2) is 0 Å². The Morgan fingerprint density at radius 1 is 1.29 bits per heavy atom. The van der Waals surface area contributed by atoms with Crippen LogP contribution in [0.15, 0.2) is 29.3 Å². The summed E-state index contributed by atoms with van der Waals surface area (Å²) in [7, 11) is 5.67. The Labute approximate surface area is 169 Å². The normalized spacial score (nSPS) is 18.9. The number of rotatable bonds is 10. The lowest BCUT2D eigenvalue weighted by atomic mass is 10.0. The topological polar surface area (TPSA) is 49.3 Å². The number of likely N-dealkylation sites (tertiary alicyclic amines) is 1. The number of hydrogen-bond donors (Lipinski definition) is 1. The molecule has 6 nitrogen and oxygen atoms in total. The highest BCUT2D eigenvalue weighted by Crippen LogP contribution is 2.31. The van der Waals surface area contributed by atoms with E-state index >= 15 is 0 Å². The zero-order valence-corrected chi connectivity index (χ0v) is 17.7. The van der Waals surface area contributed by atoms with E-state index in [1.807, 2.05) is 13.1 Å². The Bertz CT molecular complexity index is 627. The highest BCUT2D eigenvalue weighted by atomic mass is 16.5. The molecule has 1 saturated heterocycles. The van der Waals surface area contributed by atoms with E-state index in [2.05, 4.69) is 45.4 Å². The Balaban J connectivity index is 1.57. The lowest BCUT2D eigenvalue weighted by Crippen LogP contribution is -2.44. The maximum absolute atomic E-state index is 5.78. The van der Waals surface area contributed by atoms with E-state index in [1.54, 1.807) is 7.11 Å². The molecule has 0 aromatic heterocycles. The molecule has 0 amide bonds. The van der Waals surface area contributed by atoms with Crippen LogP contribution in [0.25, 0.3) is 0 Å². The van der Waals surface area contributed by atoms with Crippen LogP contribution >= 0.6 is 0 Å². The minimum Gasteiger partial charge on any atom is -0.496 e. The van der Waals surface area contributed by atoms with Gasteiger partial charge in [-0.3, -0.25) is 9.89 Å². The predicted molar refractivity (Wildman–Crippen MR) is 114 cm³/mol. The quantitative estimate of drug-likeness (QED) is 0.379. The average Bonchev–Trinajstić information content (AvgIpc) is 3.40. The highest BCUT2D eigenvalue weighted by Gasteiger charge is 2.26. The van der Waals surface area contributed by atoms with Crippen LogP contribution in [0.2, 0.25) is 0 Å². The Morgan fingerprint density at radius 2 is 2.04 bits per heavy atom. The number of ether oxygens (including phenoxy) is 2. The molecule has 1 aromatic rings. The van der Waals surface area contributed by atoms with Gasteiger partial charge < -0.3 is 19.7 Å². The molecule has 156 valence electrons. The van der Waals surface area contributed by atoms with Crippen molar-refractivity contribution in [3.8, 4) is 5.75 Å². The molecule has 1 N–H and O–H groups in total. The number of aliphatic imine (C=N–C) groups is 1. The third-order valence-corrected chi connectivity index (χ3v) is 5.73. The summed E-state index contributed by atoms with van der Waals surface area (Å²) in [5.74, 6) is 2.68. The summed E-state index contributed by atoms with van der Waals surface area (Å²) in [4.78, 5) is 9.18. The second kappa shape index (κ2) is 10.7. The van der Waals surface area contributed by atoms with Gasteiger partial charge in [0.05, 0.1) is 19.8 Å². The number of para-hydroxylation sites is 1. The summed E-state index contributed by atoms with van der Waals surface area (Å²) in [6.07, 6.45) is 5.19. The molecule has 1 aliphatic heterocycles. The van der Waals surface area contributed by atoms with E-state index in [0.29, 0.717) is 0 Å². The van der Waals surface area contributed by atoms with Gasteiger partial charge in [0.2, 0.25) is 0 Å². The summed E-state index contributed by atoms with van der Waals surface area (Å²) in [6.45, 7) is 5.57. The fourth-order valence-electron chi connectivity index (χ4n) is 3.85. The van der Waals surface area contributed by atoms with Crippen molar-refractivity contribution in [2.75, 3.05) is 60.6 Å². The predicted octanol–water partition coefficient (Wildman–Crippen LogP) is 2.77. The molecule has 0 spiro atoms. The second-order valence-corrected chi connectivity index (χ2v) is 7.87. The molecule has 0 bridgehead atoms. The van der Waals surface area contributed by atoms with Crippen molar-refractivity contribution in [3.63, 3.8) is 0 Å². The minimum atomic E-state index is 0.273. The van der Waals surface area contributed by atoms with Gasteiger partial charge in [0.15, 0.2) is 5.96 Å². The fraction of sp³-hybridized carbons (Fsp3) is 0.682. The van der Waals surface area contributed by atoms with E-state index < -0.39 is 0 Å². The van der Waals surface area contributed by atoms with Gasteiger partial charge in [0.25, 0.3) is 0 Å². The Hall–Kier alpha value is -1.79. The molecule has 3 rings (SSSR count). The summed E-state index contributed by atoms with van der Waals surface area (Å²) in [5.41, 5.74) is 1.24. The zero-order valence-electron chi connectivity index (χ0n) is 17.7. The van der Waals surface area contributed by atoms with Crippen LogP contribution in [-0.4, -0.2) is 76.4 Å². The lowest BCUT2D eigenvalue weighted by Gasteiger charge is -2.31. The minimum absolute atomic E-state index is 0.273. The maximum atomic E-state index is 5.78. The largest absolute Gasteiger partial charge is 0.496 e. The van der Waals surface area contributed by atoms with Crippen LogP contribution in [0, 0.1) is 5.92 Å². The third kappa shape index (κ3) is 5.85. The number of benzene rings is 1. The standard InChI is InChI=1S/C22H36N4O2/c1-23-22(25(2)14-15-28-17-18-10-11-18)24-16-20(26-12-6-7-13-26)19-8-4-5-9-21(19)27-3/h4-5,8-9,18,20H,6-7,10-17H2,1-3H3,(H,23,24). The molecule has 2 aliphatic rings. The van der Waals surface area contributed by atoms with Crippen molar-refractivity contribution in [1.82, 2.24) is 15.1 Å². The van der Waals surface area contributed by atoms with Crippen molar-refractivity contribution in [2.45, 2.75) is 31.7 Å². The average molecular weight is 389 g/mol. The first-order valence-corrected chi connectivity index (χ1v) is 10.6. The van der Waals surface area contributed by atoms with Crippen LogP contribution in [0.1, 0.15) is 37.3 Å². The van der Waals surface area contributed by atoms with Gasteiger partial charge >= 0.3 is 0 Å². The number of methoxy groups -OCH3 is 1. The van der Waals surface area contributed by atoms with Gasteiger partial charge in [-0.1, -0.05) is 18.2 Å². The molecule has 28 heavy (non-hydrogen) atoms. The number of hydrogen-bond acceptors (Lipinski definition) is 4. The zero-order chi connectivity index (χ0) is 19.8. The van der Waals surface area contributed by atoms with Crippen LogP contribution in [0.4, 0.5) is 0 Å². The van der Waals surface area contributed by atoms with Crippen molar-refractivity contribution < 1.29 is 9.47 Å². The monoisotopic (exact) mass is 388 g/mol. The van der Waals surface area contributed by atoms with Crippen LogP contribution in [-0.2, 0) is 4.74 Å². The van der Waals surface area contributed by atoms with Crippen molar-refractivity contribution in [2.24, 2.45) is 10.9 Å². The second-order valence-electron chi connectivity index (χ2n) is 7.87. The Kier molecular flexibility index (Phi) is 7.98. The van der Waals surface area contributed by atoms with Crippen LogP contribution in [0.3, 0.4) is 0 Å². The molecule has 1 aromatic carbocycles. The number of nitrogens with one attached hydrogen (secondary N) is 1. The maximum Gasteiger partial charge on any atom is 0.193 e. The lowest BCUT2D eigenvalue weighted by molar-refractivity contribution is 0.115. The molecule has 1 heterocycles. The molecule has 1 unspecified atom stereocenters. The van der Waals surface area contributed by atoms with E-state index in [4.69, 9.17) is 9.47 Å². The van der Waals surface area contributed by atoms with Crippen molar-refractivity contribution >= 4 is 5.96 Å². The van der Waals surface area contributed by atoms with Gasteiger partial charge in [0.1, 0.15) is 5.75 Å². The van der Waals surface area contributed by atoms with E-state index in [9.17, 15) is 0 Å². The molecule has 1 aliphatic carbocycles. The SMILES string of the molecule is CN=C(NCC(c1ccccc1OC)N1CCCC1)N(C)CCOCC1CC1. The van der Waals surface area contributed by atoms with Crippen LogP contribution in [0.5, 0.6) is 5.75 Å². The number of nitrogens with zero attached hydrogens (tertiary/aromatic N) is 3. The summed E-state index contributed by atoms with van der Waals surface area (Å²) >= 11 is 0. The Morgan fingerprint density at radius 3 is 2.71 bits per heavy atom. The third-order valence-electron chi connectivity index (χ3n) is 5.73. The molecular formula is C22H36N4O2. The highest BCUT2D eigenvalue weighted by molar-refractivity contribution is 5.79. The van der Waals surface area contributed by atoms with Gasteiger partial charge in [-0.05, 0) is 50.8 Å². The number of guanidine groups is 1. The molecule has 6 heteroatoms. The first-order chi connectivity index (χ1) is 13.7. The first-order valence-electron chi connectivity index (χ1n) is 10.6. The molecule has 2 fully saturated rings. The van der Waals surface area contributed by atoms with Gasteiger partial charge in [0, 0.05) is 39.4 Å². The first kappa shape index (κ1) is 20.9. The van der Waals surface area contributed by atoms with Gasteiger partial charge in [-0.2, -0.15) is 0 Å². The van der Waals surface area contributed by atoms with Crippen molar-refractivity contribution in [3.05, 3.63) is 29.8 Å². The van der Waals surface area contributed by atoms with Crippen molar-refractivity contribution in [1.29, 1.82) is 0 Å². The summed E-state index contributed by atoms with van der Waals surface area (Å²) in [6, 6.07) is 8.64. The molecule has 1 atom stereocenters. The fourth-order valence-corrected chi connectivity index (χ4v) is 3.85. The summed E-state index contributed by atoms with van der Waals surface area (Å²) < 4.78 is 11.4. The van der Waals surface area contributed by atoms with Crippen LogP contribution < -0.4 is 10.1 Å². The summed E-state index contributed by atoms with van der Waals surface area (Å²) in [5, 5.41) is 3.58. The molecule has 0 radical (unpaired) electrons.